The van der Waals surface area contributed by atoms with E-state index in [-0.39, 0.29) is 11.5 Å². The molecule has 1 aromatic heterocycles. The molecule has 0 atom stereocenters. The summed E-state index contributed by atoms with van der Waals surface area (Å²) in [6.45, 7) is 1.66. The Morgan fingerprint density at radius 1 is 1.42 bits per heavy atom. The third-order valence-electron chi connectivity index (χ3n) is 2.51. The average Bonchev–Trinajstić information content (AvgIpc) is 2.41. The molecule has 19 heavy (non-hydrogen) atoms. The van der Waals surface area contributed by atoms with Gasteiger partial charge in [-0.2, -0.15) is 10.4 Å². The Labute approximate surface area is 108 Å². The summed E-state index contributed by atoms with van der Waals surface area (Å²) >= 11 is 0. The van der Waals surface area contributed by atoms with Crippen LogP contribution in [0.3, 0.4) is 0 Å². The van der Waals surface area contributed by atoms with Gasteiger partial charge in [0.05, 0.1) is 16.7 Å². The molecule has 94 valence electrons. The highest BCUT2D eigenvalue weighted by Crippen LogP contribution is 2.24. The highest BCUT2D eigenvalue weighted by atomic mass is 16.6. The van der Waals surface area contributed by atoms with Crippen molar-refractivity contribution in [3.05, 3.63) is 51.7 Å². The molecule has 7 heteroatoms. The first-order valence-corrected chi connectivity index (χ1v) is 5.35. The third-order valence-corrected chi connectivity index (χ3v) is 2.51. The van der Waals surface area contributed by atoms with E-state index in [9.17, 15) is 10.1 Å². The third kappa shape index (κ3) is 2.63. The van der Waals surface area contributed by atoms with Crippen molar-refractivity contribution < 1.29 is 4.92 Å². The van der Waals surface area contributed by atoms with Crippen LogP contribution in [0, 0.1) is 28.4 Å². The molecule has 2 rings (SSSR count). The minimum atomic E-state index is -0.456. The van der Waals surface area contributed by atoms with E-state index >= 15 is 0 Å². The maximum absolute atomic E-state index is 10.8. The van der Waals surface area contributed by atoms with E-state index in [4.69, 9.17) is 5.26 Å². The predicted molar refractivity (Wildman–Crippen MR) is 67.9 cm³/mol. The van der Waals surface area contributed by atoms with Crippen LogP contribution in [0.4, 0.5) is 17.2 Å². The van der Waals surface area contributed by atoms with Crippen molar-refractivity contribution in [3.8, 4) is 6.07 Å². The number of nitro groups is 1. The molecule has 0 radical (unpaired) electrons. The second-order valence-corrected chi connectivity index (χ2v) is 3.79. The standard InChI is InChI=1S/C12H9N5O2/c1-8-2-3-10(6-11(8)17(18)19)15-12-9(7-13)4-5-14-16-12/h2-6H,1H3,(H,15,16). The summed E-state index contributed by atoms with van der Waals surface area (Å²) in [4.78, 5) is 10.4. The summed E-state index contributed by atoms with van der Waals surface area (Å²) in [5, 5.41) is 30.1. The first-order valence-electron chi connectivity index (χ1n) is 5.35. The summed E-state index contributed by atoms with van der Waals surface area (Å²) in [6, 6.07) is 8.18. The molecule has 0 bridgehead atoms. The minimum Gasteiger partial charge on any atom is -0.337 e. The zero-order valence-corrected chi connectivity index (χ0v) is 9.99. The van der Waals surface area contributed by atoms with Gasteiger partial charge in [0.1, 0.15) is 6.07 Å². The van der Waals surface area contributed by atoms with Crippen LogP contribution in [0.1, 0.15) is 11.1 Å². The molecule has 0 saturated carbocycles. The van der Waals surface area contributed by atoms with Crippen LogP contribution in [-0.4, -0.2) is 15.1 Å². The summed E-state index contributed by atoms with van der Waals surface area (Å²) in [5.74, 6) is 0.267. The Morgan fingerprint density at radius 2 is 2.21 bits per heavy atom. The quantitative estimate of drug-likeness (QED) is 0.666. The number of aryl methyl sites for hydroxylation is 1. The van der Waals surface area contributed by atoms with Gasteiger partial charge in [-0.1, -0.05) is 6.07 Å². The molecule has 0 saturated heterocycles. The van der Waals surface area contributed by atoms with E-state index in [0.717, 1.165) is 0 Å². The van der Waals surface area contributed by atoms with E-state index in [1.165, 1.54) is 18.3 Å². The van der Waals surface area contributed by atoms with Crippen molar-refractivity contribution in [2.75, 3.05) is 5.32 Å². The highest BCUT2D eigenvalue weighted by Gasteiger charge is 2.12. The van der Waals surface area contributed by atoms with E-state index < -0.39 is 4.92 Å². The lowest BCUT2D eigenvalue weighted by atomic mass is 10.2. The van der Waals surface area contributed by atoms with Crippen molar-refractivity contribution in [2.45, 2.75) is 6.92 Å². The average molecular weight is 255 g/mol. The number of aromatic nitrogens is 2. The normalized spacial score (nSPS) is 9.68. The molecule has 1 heterocycles. The number of nitrogens with one attached hydrogen (secondary N) is 1. The Bertz CT molecular complexity index is 678. The number of nitriles is 1. The van der Waals surface area contributed by atoms with Crippen LogP contribution < -0.4 is 5.32 Å². The van der Waals surface area contributed by atoms with Crippen molar-refractivity contribution in [2.24, 2.45) is 0 Å². The molecule has 0 aliphatic rings. The molecule has 0 aliphatic carbocycles. The molecule has 1 aromatic carbocycles. The van der Waals surface area contributed by atoms with Crippen LogP contribution in [-0.2, 0) is 0 Å². The lowest BCUT2D eigenvalue weighted by Crippen LogP contribution is -1.99. The van der Waals surface area contributed by atoms with Crippen molar-refractivity contribution in [1.29, 1.82) is 5.26 Å². The van der Waals surface area contributed by atoms with Crippen LogP contribution in [0.2, 0.25) is 0 Å². The topological polar surface area (TPSA) is 105 Å². The van der Waals surface area contributed by atoms with Gasteiger partial charge in [-0.25, -0.2) is 0 Å². The monoisotopic (exact) mass is 255 g/mol. The number of hydrogen-bond acceptors (Lipinski definition) is 6. The first kappa shape index (κ1) is 12.4. The van der Waals surface area contributed by atoms with E-state index in [1.807, 2.05) is 6.07 Å². The van der Waals surface area contributed by atoms with Crippen LogP contribution in [0.5, 0.6) is 0 Å². The van der Waals surface area contributed by atoms with Crippen molar-refractivity contribution in [1.82, 2.24) is 10.2 Å². The SMILES string of the molecule is Cc1ccc(Nc2nnccc2C#N)cc1[N+](=O)[O-]. The molecular weight excluding hydrogens is 246 g/mol. The number of hydrogen-bond donors (Lipinski definition) is 1. The number of rotatable bonds is 3. The zero-order valence-electron chi connectivity index (χ0n) is 9.99. The van der Waals surface area contributed by atoms with Gasteiger partial charge in [-0.15, -0.1) is 5.10 Å². The fourth-order valence-corrected chi connectivity index (χ4v) is 1.53. The Morgan fingerprint density at radius 3 is 2.89 bits per heavy atom. The van der Waals surface area contributed by atoms with Gasteiger partial charge in [0.25, 0.3) is 5.69 Å². The second kappa shape index (κ2) is 5.10. The van der Waals surface area contributed by atoms with Crippen LogP contribution >= 0.6 is 0 Å². The summed E-state index contributed by atoms with van der Waals surface area (Å²) in [7, 11) is 0. The fourth-order valence-electron chi connectivity index (χ4n) is 1.53. The van der Waals surface area contributed by atoms with Crippen molar-refractivity contribution in [3.63, 3.8) is 0 Å². The van der Waals surface area contributed by atoms with Crippen LogP contribution in [0.25, 0.3) is 0 Å². The molecule has 0 aliphatic heterocycles. The largest absolute Gasteiger partial charge is 0.337 e. The van der Waals surface area contributed by atoms with Gasteiger partial charge < -0.3 is 5.32 Å². The molecule has 0 spiro atoms. The highest BCUT2D eigenvalue weighted by molar-refractivity contribution is 5.65. The van der Waals surface area contributed by atoms with Gasteiger partial charge in [0, 0.05) is 17.3 Å². The predicted octanol–water partition coefficient (Wildman–Crippen LogP) is 2.31. The molecule has 0 fully saturated rings. The zero-order chi connectivity index (χ0) is 13.8. The van der Waals surface area contributed by atoms with E-state index in [1.54, 1.807) is 19.1 Å². The number of anilines is 2. The molecule has 1 N–H and O–H groups in total. The Balaban J connectivity index is 2.37. The molecule has 0 amide bonds. The van der Waals surface area contributed by atoms with Gasteiger partial charge in [-0.3, -0.25) is 10.1 Å². The van der Waals surface area contributed by atoms with Gasteiger partial charge in [0.15, 0.2) is 5.82 Å². The molecule has 7 nitrogen and oxygen atoms in total. The molecule has 0 unspecified atom stereocenters. The lowest BCUT2D eigenvalue weighted by molar-refractivity contribution is -0.385. The number of nitrogens with zero attached hydrogens (tertiary/aromatic N) is 4. The smallest absolute Gasteiger partial charge is 0.274 e. The minimum absolute atomic E-state index is 0.00685. The molecular formula is C12H9N5O2. The number of nitro benzene ring substituents is 1. The lowest BCUT2D eigenvalue weighted by Gasteiger charge is -2.06. The maximum Gasteiger partial charge on any atom is 0.274 e. The fraction of sp³-hybridized carbons (Fsp3) is 0.0833. The summed E-state index contributed by atoms with van der Waals surface area (Å²) in [5.41, 5.74) is 1.37. The van der Waals surface area contributed by atoms with Gasteiger partial charge in [-0.05, 0) is 19.1 Å². The summed E-state index contributed by atoms with van der Waals surface area (Å²) in [6.07, 6.45) is 1.40. The van der Waals surface area contributed by atoms with E-state index in [0.29, 0.717) is 16.8 Å². The second-order valence-electron chi connectivity index (χ2n) is 3.79. The maximum atomic E-state index is 10.8. The Kier molecular flexibility index (Phi) is 3.34. The Hall–Kier alpha value is -3.01. The van der Waals surface area contributed by atoms with Crippen molar-refractivity contribution >= 4 is 17.2 Å². The number of benzene rings is 1. The van der Waals surface area contributed by atoms with E-state index in [2.05, 4.69) is 15.5 Å². The van der Waals surface area contributed by atoms with Crippen LogP contribution in [0.15, 0.2) is 30.5 Å². The molecule has 2 aromatic rings. The summed E-state index contributed by atoms with van der Waals surface area (Å²) < 4.78 is 0. The van der Waals surface area contributed by atoms with Gasteiger partial charge in [0.2, 0.25) is 0 Å². The first-order chi connectivity index (χ1) is 9.11. The van der Waals surface area contributed by atoms with Gasteiger partial charge >= 0.3 is 0 Å².